The van der Waals surface area contributed by atoms with Gasteiger partial charge in [-0.15, -0.1) is 0 Å². The van der Waals surface area contributed by atoms with Crippen molar-refractivity contribution in [2.75, 3.05) is 24.6 Å². The molecule has 36 heavy (non-hydrogen) atoms. The van der Waals surface area contributed by atoms with Crippen molar-refractivity contribution in [2.45, 2.75) is 50.0 Å². The fourth-order valence-corrected chi connectivity index (χ4v) is 5.47. The van der Waals surface area contributed by atoms with Gasteiger partial charge in [0.15, 0.2) is 5.65 Å². The Morgan fingerprint density at radius 1 is 1.06 bits per heavy atom. The summed E-state index contributed by atoms with van der Waals surface area (Å²) >= 11 is 0. The molecule has 2 aliphatic heterocycles. The van der Waals surface area contributed by atoms with E-state index in [-0.39, 0.29) is 17.6 Å². The number of benzene rings is 1. The van der Waals surface area contributed by atoms with Crippen molar-refractivity contribution in [2.24, 2.45) is 7.05 Å². The zero-order chi connectivity index (χ0) is 24.4. The molecule has 7 rings (SSSR count). The molecule has 3 aromatic heterocycles. The molecule has 0 bridgehead atoms. The lowest BCUT2D eigenvalue weighted by Gasteiger charge is -2.31. The van der Waals surface area contributed by atoms with E-state index in [1.54, 1.807) is 0 Å². The van der Waals surface area contributed by atoms with Gasteiger partial charge in [-0.1, -0.05) is 0 Å². The molecule has 10 heteroatoms. The van der Waals surface area contributed by atoms with Crippen LogP contribution in [0.5, 0.6) is 0 Å². The number of fused-ring (bicyclic) bond motifs is 1. The Morgan fingerprint density at radius 2 is 1.92 bits per heavy atom. The molecule has 1 aromatic carbocycles. The molecule has 0 amide bonds. The lowest BCUT2D eigenvalue weighted by molar-refractivity contribution is 0.00353. The number of H-pyrrole nitrogens is 1. The maximum Gasteiger partial charge on any atom is 0.207 e. The van der Waals surface area contributed by atoms with E-state index in [0.29, 0.717) is 41.6 Å². The van der Waals surface area contributed by atoms with Crippen LogP contribution in [0.1, 0.15) is 67.1 Å². The molecule has 1 saturated carbocycles. The second-order valence-electron chi connectivity index (χ2n) is 10.1. The summed E-state index contributed by atoms with van der Waals surface area (Å²) in [4.78, 5) is 16.8. The topological polar surface area (TPSA) is 84.8 Å². The number of anilines is 1. The van der Waals surface area contributed by atoms with Gasteiger partial charge in [-0.3, -0.25) is 5.10 Å². The van der Waals surface area contributed by atoms with Crippen molar-refractivity contribution in [1.82, 2.24) is 29.7 Å². The highest BCUT2D eigenvalue weighted by Crippen LogP contribution is 2.45. The molecule has 0 spiro atoms. The van der Waals surface area contributed by atoms with Crippen LogP contribution in [-0.4, -0.2) is 49.4 Å². The van der Waals surface area contributed by atoms with E-state index in [2.05, 4.69) is 15.1 Å². The Labute approximate surface area is 206 Å². The van der Waals surface area contributed by atoms with E-state index in [4.69, 9.17) is 19.7 Å². The molecule has 5 heterocycles. The van der Waals surface area contributed by atoms with Crippen LogP contribution >= 0.6 is 0 Å². The predicted molar refractivity (Wildman–Crippen MR) is 130 cm³/mol. The maximum absolute atomic E-state index is 15.0. The van der Waals surface area contributed by atoms with Gasteiger partial charge < -0.3 is 14.2 Å². The van der Waals surface area contributed by atoms with E-state index in [0.717, 1.165) is 49.2 Å². The first-order chi connectivity index (χ1) is 17.6. The summed E-state index contributed by atoms with van der Waals surface area (Å²) in [5, 5.41) is 7.50. The van der Waals surface area contributed by atoms with Crippen molar-refractivity contribution in [3.63, 3.8) is 0 Å². The summed E-state index contributed by atoms with van der Waals surface area (Å²) in [5.74, 6) is 0.691. The first-order valence-electron chi connectivity index (χ1n) is 12.7. The molecule has 3 fully saturated rings. The fourth-order valence-electron chi connectivity index (χ4n) is 5.47. The van der Waals surface area contributed by atoms with Gasteiger partial charge in [0.1, 0.15) is 28.7 Å². The predicted octanol–water partition coefficient (Wildman–Crippen LogP) is 4.75. The third-order valence-electron chi connectivity index (χ3n) is 7.71. The summed E-state index contributed by atoms with van der Waals surface area (Å²) in [6.07, 6.45) is 6.77. The smallest absolute Gasteiger partial charge is 0.207 e. The largest absolute Gasteiger partial charge is 0.373 e. The Bertz CT molecular complexity index is 1460. The Kier molecular flexibility index (Phi) is 5.06. The van der Waals surface area contributed by atoms with Crippen molar-refractivity contribution in [3.05, 3.63) is 53.1 Å². The van der Waals surface area contributed by atoms with Crippen molar-refractivity contribution in [3.8, 4) is 11.3 Å². The first kappa shape index (κ1) is 21.8. The summed E-state index contributed by atoms with van der Waals surface area (Å²) < 4.78 is 36.8. The van der Waals surface area contributed by atoms with Crippen LogP contribution in [0.2, 0.25) is 0 Å². The minimum Gasteiger partial charge on any atom is -0.373 e. The van der Waals surface area contributed by atoms with Crippen LogP contribution in [-0.2, 0) is 11.8 Å². The zero-order valence-corrected chi connectivity index (χ0v) is 20.0. The number of hydrogen-bond donors (Lipinski definition) is 1. The van der Waals surface area contributed by atoms with Crippen LogP contribution < -0.4 is 4.90 Å². The highest BCUT2D eigenvalue weighted by Gasteiger charge is 2.35. The van der Waals surface area contributed by atoms with Gasteiger partial charge >= 0.3 is 0 Å². The molecule has 1 aliphatic carbocycles. The SMILES string of the molecule is Cn1c(N2CCC2)nc2nc(C3CCOC(c4c[nH]nc4C4CC4)C3)nc(-c3ccc(F)cc3F)c21. The average Bonchev–Trinajstić information content (AvgIpc) is 3.48. The summed E-state index contributed by atoms with van der Waals surface area (Å²) in [6, 6.07) is 3.62. The van der Waals surface area contributed by atoms with Gasteiger partial charge in [-0.05, 0) is 44.2 Å². The van der Waals surface area contributed by atoms with Gasteiger partial charge in [0.25, 0.3) is 0 Å². The number of rotatable bonds is 5. The van der Waals surface area contributed by atoms with Crippen LogP contribution in [0.15, 0.2) is 24.4 Å². The monoisotopic (exact) mass is 491 g/mol. The summed E-state index contributed by atoms with van der Waals surface area (Å²) in [7, 11) is 1.90. The molecule has 4 aromatic rings. The normalized spacial score (nSPS) is 22.2. The van der Waals surface area contributed by atoms with E-state index < -0.39 is 11.6 Å². The molecule has 0 radical (unpaired) electrons. The summed E-state index contributed by atoms with van der Waals surface area (Å²) in [5.41, 5.74) is 4.10. The highest BCUT2D eigenvalue weighted by atomic mass is 19.1. The van der Waals surface area contributed by atoms with Crippen LogP contribution in [0.3, 0.4) is 0 Å². The molecule has 1 N–H and O–H groups in total. The minimum atomic E-state index is -0.648. The van der Waals surface area contributed by atoms with E-state index in [9.17, 15) is 4.39 Å². The van der Waals surface area contributed by atoms with Crippen LogP contribution in [0.25, 0.3) is 22.4 Å². The number of halogens is 2. The number of aromatic amines is 1. The van der Waals surface area contributed by atoms with E-state index in [1.807, 2.05) is 17.8 Å². The van der Waals surface area contributed by atoms with E-state index in [1.165, 1.54) is 25.0 Å². The van der Waals surface area contributed by atoms with E-state index >= 15 is 4.39 Å². The number of ether oxygens (including phenoxy) is 1. The van der Waals surface area contributed by atoms with Crippen molar-refractivity contribution in [1.29, 1.82) is 0 Å². The lowest BCUT2D eigenvalue weighted by atomic mass is 9.90. The van der Waals surface area contributed by atoms with Gasteiger partial charge in [0.05, 0.1) is 11.8 Å². The zero-order valence-electron chi connectivity index (χ0n) is 20.0. The number of aromatic nitrogens is 6. The Morgan fingerprint density at radius 3 is 2.67 bits per heavy atom. The molecule has 2 unspecified atom stereocenters. The standard InChI is InChI=1S/C26H27F2N7O/c1-34-23-22(17-6-5-16(27)12-19(17)28)30-24(31-25(23)32-26(34)35-8-2-9-35)15-7-10-36-20(11-15)18-13-29-33-21(18)14-3-4-14/h5-6,12-15,20H,2-4,7-11H2,1H3,(H,29,33). The van der Waals surface area contributed by atoms with Gasteiger partial charge in [-0.2, -0.15) is 10.1 Å². The Hall–Kier alpha value is -3.40. The molecular weight excluding hydrogens is 464 g/mol. The number of hydrogen-bond acceptors (Lipinski definition) is 6. The van der Waals surface area contributed by atoms with Crippen LogP contribution in [0, 0.1) is 11.6 Å². The molecule has 2 atom stereocenters. The quantitative estimate of drug-likeness (QED) is 0.434. The fraction of sp³-hybridized carbons (Fsp3) is 0.462. The maximum atomic E-state index is 15.0. The number of imidazole rings is 1. The number of aryl methyl sites for hydroxylation is 1. The third kappa shape index (κ3) is 3.57. The number of nitrogens with zero attached hydrogens (tertiary/aromatic N) is 6. The second-order valence-corrected chi connectivity index (χ2v) is 10.1. The molecular formula is C26H27F2N7O. The van der Waals surface area contributed by atoms with Crippen molar-refractivity contribution >= 4 is 17.1 Å². The van der Waals surface area contributed by atoms with Crippen LogP contribution in [0.4, 0.5) is 14.7 Å². The highest BCUT2D eigenvalue weighted by molar-refractivity contribution is 5.89. The van der Waals surface area contributed by atoms with Gasteiger partial charge in [0, 0.05) is 62.0 Å². The van der Waals surface area contributed by atoms with Gasteiger partial charge in [0.2, 0.25) is 5.95 Å². The lowest BCUT2D eigenvalue weighted by Crippen LogP contribution is -2.38. The third-order valence-corrected chi connectivity index (χ3v) is 7.71. The molecule has 3 aliphatic rings. The Balaban J connectivity index is 1.32. The first-order valence-corrected chi connectivity index (χ1v) is 12.7. The minimum absolute atomic E-state index is 0.0202. The number of nitrogens with one attached hydrogen (secondary N) is 1. The van der Waals surface area contributed by atoms with Gasteiger partial charge in [-0.25, -0.2) is 18.7 Å². The molecule has 186 valence electrons. The van der Waals surface area contributed by atoms with Crippen molar-refractivity contribution < 1.29 is 13.5 Å². The molecule has 2 saturated heterocycles. The average molecular weight is 492 g/mol. The molecule has 8 nitrogen and oxygen atoms in total. The second kappa shape index (κ2) is 8.33. The summed E-state index contributed by atoms with van der Waals surface area (Å²) in [6.45, 7) is 2.42.